The molecular formula is C14H20ClNO3. The van der Waals surface area contributed by atoms with Gasteiger partial charge in [0.2, 0.25) is 0 Å². The van der Waals surface area contributed by atoms with Crippen LogP contribution in [0.4, 0.5) is 0 Å². The Balaban J connectivity index is 2.77. The molecule has 1 N–H and O–H groups in total. The van der Waals surface area contributed by atoms with Gasteiger partial charge in [-0.1, -0.05) is 0 Å². The SMILES string of the molecule is COc1ccc(C(=O)NC(C)CC(C)Cl)cc1OC. The second-order valence-corrected chi connectivity index (χ2v) is 5.21. The predicted molar refractivity (Wildman–Crippen MR) is 76.4 cm³/mol. The van der Waals surface area contributed by atoms with Crippen molar-refractivity contribution in [3.05, 3.63) is 23.8 Å². The minimum absolute atomic E-state index is 0.0214. The van der Waals surface area contributed by atoms with E-state index in [0.29, 0.717) is 17.1 Å². The smallest absolute Gasteiger partial charge is 0.251 e. The van der Waals surface area contributed by atoms with Gasteiger partial charge in [0.25, 0.3) is 5.91 Å². The summed E-state index contributed by atoms with van der Waals surface area (Å²) in [4.78, 5) is 12.1. The molecule has 0 radical (unpaired) electrons. The lowest BCUT2D eigenvalue weighted by molar-refractivity contribution is 0.0938. The molecule has 0 aromatic heterocycles. The highest BCUT2D eigenvalue weighted by Gasteiger charge is 2.14. The summed E-state index contributed by atoms with van der Waals surface area (Å²) >= 11 is 5.90. The summed E-state index contributed by atoms with van der Waals surface area (Å²) in [5.74, 6) is 0.987. The number of benzene rings is 1. The number of carbonyl (C=O) groups excluding carboxylic acids is 1. The van der Waals surface area contributed by atoms with E-state index in [2.05, 4.69) is 5.32 Å². The third-order valence-electron chi connectivity index (χ3n) is 2.70. The highest BCUT2D eigenvalue weighted by molar-refractivity contribution is 6.20. The highest BCUT2D eigenvalue weighted by Crippen LogP contribution is 2.27. The van der Waals surface area contributed by atoms with E-state index in [-0.39, 0.29) is 17.3 Å². The van der Waals surface area contributed by atoms with Crippen molar-refractivity contribution >= 4 is 17.5 Å². The van der Waals surface area contributed by atoms with Gasteiger partial charge < -0.3 is 14.8 Å². The summed E-state index contributed by atoms with van der Waals surface area (Å²) < 4.78 is 10.3. The fraction of sp³-hybridized carbons (Fsp3) is 0.500. The maximum atomic E-state index is 12.1. The van der Waals surface area contributed by atoms with Crippen LogP contribution in [0.1, 0.15) is 30.6 Å². The zero-order valence-corrected chi connectivity index (χ0v) is 12.5. The van der Waals surface area contributed by atoms with E-state index >= 15 is 0 Å². The van der Waals surface area contributed by atoms with Gasteiger partial charge in [-0.3, -0.25) is 4.79 Å². The number of halogens is 1. The van der Waals surface area contributed by atoms with Crippen molar-refractivity contribution in [1.29, 1.82) is 0 Å². The van der Waals surface area contributed by atoms with Crippen LogP contribution in [0.3, 0.4) is 0 Å². The standard InChI is InChI=1S/C14H20ClNO3/c1-9(15)7-10(2)16-14(17)11-5-6-12(18-3)13(8-11)19-4/h5-6,8-10H,7H2,1-4H3,(H,16,17). The van der Waals surface area contributed by atoms with Crippen LogP contribution in [-0.2, 0) is 0 Å². The van der Waals surface area contributed by atoms with Crippen LogP contribution < -0.4 is 14.8 Å². The topological polar surface area (TPSA) is 47.6 Å². The molecule has 1 aromatic rings. The summed E-state index contributed by atoms with van der Waals surface area (Å²) in [5, 5.41) is 2.92. The Labute approximate surface area is 119 Å². The number of nitrogens with one attached hydrogen (secondary N) is 1. The molecule has 5 heteroatoms. The first-order chi connectivity index (χ1) is 8.97. The number of hydrogen-bond donors (Lipinski definition) is 1. The highest BCUT2D eigenvalue weighted by atomic mass is 35.5. The molecule has 2 unspecified atom stereocenters. The molecule has 1 aromatic carbocycles. The van der Waals surface area contributed by atoms with Gasteiger partial charge in [-0.2, -0.15) is 0 Å². The maximum Gasteiger partial charge on any atom is 0.251 e. The maximum absolute atomic E-state index is 12.1. The van der Waals surface area contributed by atoms with Gasteiger partial charge in [-0.15, -0.1) is 11.6 Å². The van der Waals surface area contributed by atoms with E-state index in [1.807, 2.05) is 13.8 Å². The Bertz CT molecular complexity index is 435. The monoisotopic (exact) mass is 285 g/mol. The molecule has 0 bridgehead atoms. The first kappa shape index (κ1) is 15.6. The second kappa shape index (κ2) is 7.24. The number of carbonyl (C=O) groups is 1. The fourth-order valence-electron chi connectivity index (χ4n) is 1.83. The lowest BCUT2D eigenvalue weighted by Crippen LogP contribution is -2.33. The Morgan fingerprint density at radius 3 is 2.42 bits per heavy atom. The average Bonchev–Trinajstić information content (AvgIpc) is 2.36. The molecule has 19 heavy (non-hydrogen) atoms. The van der Waals surface area contributed by atoms with Crippen LogP contribution in [0.2, 0.25) is 0 Å². The lowest BCUT2D eigenvalue weighted by atomic mass is 10.1. The quantitative estimate of drug-likeness (QED) is 0.818. The van der Waals surface area contributed by atoms with E-state index in [4.69, 9.17) is 21.1 Å². The summed E-state index contributed by atoms with van der Waals surface area (Å²) in [6.45, 7) is 3.83. The summed E-state index contributed by atoms with van der Waals surface area (Å²) in [6.07, 6.45) is 0.723. The molecule has 4 nitrogen and oxygen atoms in total. The van der Waals surface area contributed by atoms with Crippen molar-refractivity contribution in [3.63, 3.8) is 0 Å². The largest absolute Gasteiger partial charge is 0.493 e. The summed E-state index contributed by atoms with van der Waals surface area (Å²) in [6, 6.07) is 5.09. The van der Waals surface area contributed by atoms with Crippen LogP contribution >= 0.6 is 11.6 Å². The Morgan fingerprint density at radius 1 is 1.26 bits per heavy atom. The zero-order chi connectivity index (χ0) is 14.4. The van der Waals surface area contributed by atoms with Gasteiger partial charge >= 0.3 is 0 Å². The van der Waals surface area contributed by atoms with E-state index in [0.717, 1.165) is 6.42 Å². The van der Waals surface area contributed by atoms with E-state index < -0.39 is 0 Å². The number of ether oxygens (including phenoxy) is 2. The molecule has 0 aliphatic carbocycles. The molecular weight excluding hydrogens is 266 g/mol. The number of methoxy groups -OCH3 is 2. The van der Waals surface area contributed by atoms with Crippen molar-refractivity contribution in [2.75, 3.05) is 14.2 Å². The molecule has 1 amide bonds. The van der Waals surface area contributed by atoms with Crippen LogP contribution in [0.15, 0.2) is 18.2 Å². The molecule has 106 valence electrons. The Morgan fingerprint density at radius 2 is 1.89 bits per heavy atom. The van der Waals surface area contributed by atoms with Crippen molar-refractivity contribution in [1.82, 2.24) is 5.32 Å². The first-order valence-corrected chi connectivity index (χ1v) is 6.58. The van der Waals surface area contributed by atoms with Crippen LogP contribution in [0.25, 0.3) is 0 Å². The molecule has 0 saturated heterocycles. The first-order valence-electron chi connectivity index (χ1n) is 6.14. The molecule has 2 atom stereocenters. The van der Waals surface area contributed by atoms with Crippen molar-refractivity contribution in [3.8, 4) is 11.5 Å². The Hall–Kier alpha value is -1.42. The van der Waals surface area contributed by atoms with Gasteiger partial charge in [0.05, 0.1) is 14.2 Å². The fourth-order valence-corrected chi connectivity index (χ4v) is 2.10. The van der Waals surface area contributed by atoms with Crippen molar-refractivity contribution in [2.45, 2.75) is 31.7 Å². The minimum atomic E-state index is -0.147. The molecule has 0 fully saturated rings. The van der Waals surface area contributed by atoms with Crippen molar-refractivity contribution < 1.29 is 14.3 Å². The predicted octanol–water partition coefficient (Wildman–Crippen LogP) is 2.84. The number of amides is 1. The molecule has 0 saturated carbocycles. The molecule has 1 rings (SSSR count). The van der Waals surface area contributed by atoms with E-state index in [1.54, 1.807) is 25.3 Å². The average molecular weight is 286 g/mol. The van der Waals surface area contributed by atoms with Gasteiger partial charge in [0.15, 0.2) is 11.5 Å². The number of hydrogen-bond acceptors (Lipinski definition) is 3. The second-order valence-electron chi connectivity index (χ2n) is 4.46. The van der Waals surface area contributed by atoms with E-state index in [1.165, 1.54) is 7.11 Å². The Kier molecular flexibility index (Phi) is 5.96. The van der Waals surface area contributed by atoms with Gasteiger partial charge in [-0.05, 0) is 38.5 Å². The van der Waals surface area contributed by atoms with Gasteiger partial charge in [-0.25, -0.2) is 0 Å². The lowest BCUT2D eigenvalue weighted by Gasteiger charge is -2.15. The number of alkyl halides is 1. The van der Waals surface area contributed by atoms with Gasteiger partial charge in [0, 0.05) is 17.0 Å². The van der Waals surface area contributed by atoms with E-state index in [9.17, 15) is 4.79 Å². The molecule has 0 aliphatic rings. The molecule has 0 heterocycles. The third kappa shape index (κ3) is 4.63. The van der Waals surface area contributed by atoms with Crippen LogP contribution in [-0.4, -0.2) is 31.5 Å². The number of rotatable bonds is 6. The van der Waals surface area contributed by atoms with Crippen LogP contribution in [0.5, 0.6) is 11.5 Å². The van der Waals surface area contributed by atoms with Crippen molar-refractivity contribution in [2.24, 2.45) is 0 Å². The summed E-state index contributed by atoms with van der Waals surface area (Å²) in [7, 11) is 3.10. The van der Waals surface area contributed by atoms with Gasteiger partial charge in [0.1, 0.15) is 0 Å². The molecule has 0 spiro atoms. The minimum Gasteiger partial charge on any atom is -0.493 e. The zero-order valence-electron chi connectivity index (χ0n) is 11.7. The molecule has 0 aliphatic heterocycles. The summed E-state index contributed by atoms with van der Waals surface area (Å²) in [5.41, 5.74) is 0.534. The third-order valence-corrected chi connectivity index (χ3v) is 2.88. The normalized spacial score (nSPS) is 13.5. The van der Waals surface area contributed by atoms with Crippen LogP contribution in [0, 0.1) is 0 Å².